The lowest BCUT2D eigenvalue weighted by molar-refractivity contribution is -0.900. The average Bonchev–Trinajstić information content (AvgIpc) is 2.34. The van der Waals surface area contributed by atoms with Crippen LogP contribution in [0, 0.1) is 11.7 Å². The fourth-order valence-corrected chi connectivity index (χ4v) is 2.74. The molecule has 1 heterocycles. The minimum absolute atomic E-state index is 0.155. The molecule has 1 aromatic rings. The highest BCUT2D eigenvalue weighted by Crippen LogP contribution is 2.19. The number of nitrogens with one attached hydrogen (secondary N) is 2. The number of carbonyl (C=O) groups is 1. The van der Waals surface area contributed by atoms with E-state index >= 15 is 0 Å². The number of carbonyl (C=O) groups excluding carboxylic acids is 1. The molecule has 1 unspecified atom stereocenters. The van der Waals surface area contributed by atoms with Crippen LogP contribution in [0.4, 0.5) is 10.1 Å². The van der Waals surface area contributed by atoms with Crippen molar-refractivity contribution in [1.29, 1.82) is 0 Å². The largest absolute Gasteiger partial charge is 0.327 e. The van der Waals surface area contributed by atoms with Gasteiger partial charge >= 0.3 is 0 Å². The maximum absolute atomic E-state index is 13.5. The molecule has 0 spiro atoms. The van der Waals surface area contributed by atoms with Gasteiger partial charge in [-0.1, -0.05) is 18.5 Å². The highest BCUT2D eigenvalue weighted by Gasteiger charge is 2.22. The van der Waals surface area contributed by atoms with Crippen LogP contribution in [0.3, 0.4) is 0 Å². The number of hydrogen-bond donors (Lipinski definition) is 2. The number of rotatable bonds is 3. The van der Waals surface area contributed by atoms with Gasteiger partial charge in [0.05, 0.1) is 18.8 Å². The van der Waals surface area contributed by atoms with Gasteiger partial charge in [0, 0.05) is 10.9 Å². The van der Waals surface area contributed by atoms with E-state index in [1.807, 2.05) is 0 Å². The van der Waals surface area contributed by atoms with Crippen molar-refractivity contribution < 1.29 is 14.1 Å². The summed E-state index contributed by atoms with van der Waals surface area (Å²) in [6.45, 7) is 4.60. The Morgan fingerprint density at radius 3 is 3.11 bits per heavy atom. The highest BCUT2D eigenvalue weighted by molar-refractivity contribution is 6.30. The van der Waals surface area contributed by atoms with Crippen molar-refractivity contribution in [2.75, 3.05) is 25.0 Å². The maximum atomic E-state index is 13.5. The molecule has 19 heavy (non-hydrogen) atoms. The third-order valence-corrected chi connectivity index (χ3v) is 3.71. The molecule has 1 fully saturated rings. The van der Waals surface area contributed by atoms with Gasteiger partial charge in [0.1, 0.15) is 5.82 Å². The van der Waals surface area contributed by atoms with Crippen LogP contribution in [0.1, 0.15) is 19.8 Å². The normalized spacial score (nSPS) is 23.1. The lowest BCUT2D eigenvalue weighted by Gasteiger charge is -2.27. The van der Waals surface area contributed by atoms with Crippen molar-refractivity contribution in [3.8, 4) is 0 Å². The molecule has 1 aliphatic heterocycles. The first-order valence-corrected chi connectivity index (χ1v) is 7.01. The number of amides is 1. The van der Waals surface area contributed by atoms with Gasteiger partial charge in [0.15, 0.2) is 6.54 Å². The summed E-state index contributed by atoms with van der Waals surface area (Å²) < 4.78 is 13.5. The van der Waals surface area contributed by atoms with Gasteiger partial charge in [-0.15, -0.1) is 0 Å². The Kier molecular flexibility index (Phi) is 4.77. The summed E-state index contributed by atoms with van der Waals surface area (Å²) >= 11 is 5.79. The zero-order valence-corrected chi connectivity index (χ0v) is 11.8. The van der Waals surface area contributed by atoms with Crippen LogP contribution < -0.4 is 10.2 Å². The molecule has 0 bridgehead atoms. The molecule has 0 aromatic heterocycles. The Bertz CT molecular complexity index is 467. The summed E-state index contributed by atoms with van der Waals surface area (Å²) in [6.07, 6.45) is 2.38. The first-order chi connectivity index (χ1) is 9.04. The monoisotopic (exact) mass is 285 g/mol. The first-order valence-electron chi connectivity index (χ1n) is 6.63. The molecule has 1 amide bonds. The Hall–Kier alpha value is -1.13. The Morgan fingerprint density at radius 1 is 1.58 bits per heavy atom. The molecule has 1 aliphatic rings. The summed E-state index contributed by atoms with van der Waals surface area (Å²) in [4.78, 5) is 13.2. The van der Waals surface area contributed by atoms with Crippen molar-refractivity contribution >= 4 is 23.2 Å². The molecular weight excluding hydrogens is 267 g/mol. The van der Waals surface area contributed by atoms with Crippen LogP contribution in [-0.2, 0) is 4.79 Å². The summed E-state index contributed by atoms with van der Waals surface area (Å²) in [5.74, 6) is 0.0319. The van der Waals surface area contributed by atoms with E-state index in [0.29, 0.717) is 17.5 Å². The quantitative estimate of drug-likeness (QED) is 0.871. The van der Waals surface area contributed by atoms with Crippen molar-refractivity contribution in [2.45, 2.75) is 19.8 Å². The van der Waals surface area contributed by atoms with E-state index in [2.05, 4.69) is 12.2 Å². The fraction of sp³-hybridized carbons (Fsp3) is 0.500. The van der Waals surface area contributed by atoms with Crippen LogP contribution in [0.25, 0.3) is 0 Å². The van der Waals surface area contributed by atoms with Crippen LogP contribution in [0.15, 0.2) is 18.2 Å². The fourth-order valence-electron chi connectivity index (χ4n) is 2.57. The van der Waals surface area contributed by atoms with E-state index < -0.39 is 5.82 Å². The van der Waals surface area contributed by atoms with E-state index in [9.17, 15) is 9.18 Å². The summed E-state index contributed by atoms with van der Waals surface area (Å²) in [5.41, 5.74) is 0.155. The molecule has 2 rings (SSSR count). The number of anilines is 1. The number of halogens is 2. The SMILES string of the molecule is C[C@H]1CCC[NH+](CC(=O)Nc2cc(Cl)ccc2F)C1. The molecule has 0 aliphatic carbocycles. The second kappa shape index (κ2) is 6.35. The standard InChI is InChI=1S/C14H18ClFN2O/c1-10-3-2-6-18(8-10)9-14(19)17-13-7-11(15)4-5-12(13)16/h4-5,7,10H,2-3,6,8-9H2,1H3,(H,17,19)/p+1/t10-/m0/s1. The van der Waals surface area contributed by atoms with Crippen LogP contribution in [-0.4, -0.2) is 25.5 Å². The van der Waals surface area contributed by atoms with Crippen LogP contribution in [0.5, 0.6) is 0 Å². The Labute approximate surface area is 117 Å². The minimum Gasteiger partial charge on any atom is -0.327 e. The van der Waals surface area contributed by atoms with E-state index in [-0.39, 0.29) is 11.6 Å². The third kappa shape index (κ3) is 4.18. The number of benzene rings is 1. The molecule has 1 saturated heterocycles. The second-order valence-electron chi connectivity index (χ2n) is 5.30. The van der Waals surface area contributed by atoms with Crippen LogP contribution in [0.2, 0.25) is 5.02 Å². The zero-order valence-electron chi connectivity index (χ0n) is 11.0. The summed E-state index contributed by atoms with van der Waals surface area (Å²) in [5, 5.41) is 3.01. The van der Waals surface area contributed by atoms with Crippen molar-refractivity contribution in [2.24, 2.45) is 5.92 Å². The number of piperidine rings is 1. The van der Waals surface area contributed by atoms with Gasteiger partial charge in [-0.25, -0.2) is 4.39 Å². The van der Waals surface area contributed by atoms with E-state index in [4.69, 9.17) is 11.6 Å². The van der Waals surface area contributed by atoms with Gasteiger partial charge < -0.3 is 10.2 Å². The number of quaternary nitrogens is 1. The van der Waals surface area contributed by atoms with Crippen molar-refractivity contribution in [3.05, 3.63) is 29.0 Å². The zero-order chi connectivity index (χ0) is 13.8. The van der Waals surface area contributed by atoms with E-state index in [1.165, 1.54) is 29.5 Å². The van der Waals surface area contributed by atoms with E-state index in [0.717, 1.165) is 19.5 Å². The molecule has 3 nitrogen and oxygen atoms in total. The molecule has 104 valence electrons. The number of likely N-dealkylation sites (tertiary alicyclic amines) is 1. The van der Waals surface area contributed by atoms with Gasteiger partial charge in [0.25, 0.3) is 5.91 Å². The van der Waals surface area contributed by atoms with Crippen molar-refractivity contribution in [1.82, 2.24) is 0 Å². The molecule has 5 heteroatoms. The topological polar surface area (TPSA) is 33.5 Å². The molecular formula is C14H19ClFN2O+. The Balaban J connectivity index is 1.92. The molecule has 0 radical (unpaired) electrons. The molecule has 0 saturated carbocycles. The van der Waals surface area contributed by atoms with Gasteiger partial charge in [-0.2, -0.15) is 0 Å². The molecule has 1 aromatic carbocycles. The summed E-state index contributed by atoms with van der Waals surface area (Å²) in [7, 11) is 0. The van der Waals surface area contributed by atoms with Crippen molar-refractivity contribution in [3.63, 3.8) is 0 Å². The lowest BCUT2D eigenvalue weighted by Crippen LogP contribution is -3.14. The number of hydrogen-bond acceptors (Lipinski definition) is 1. The molecule has 2 N–H and O–H groups in total. The lowest BCUT2D eigenvalue weighted by atomic mass is 10.0. The maximum Gasteiger partial charge on any atom is 0.279 e. The van der Waals surface area contributed by atoms with Gasteiger partial charge in [0.2, 0.25) is 0 Å². The second-order valence-corrected chi connectivity index (χ2v) is 5.74. The molecule has 2 atom stereocenters. The first kappa shape index (κ1) is 14.3. The minimum atomic E-state index is -0.459. The predicted molar refractivity (Wildman–Crippen MR) is 74.0 cm³/mol. The van der Waals surface area contributed by atoms with Gasteiger partial charge in [-0.3, -0.25) is 4.79 Å². The average molecular weight is 286 g/mol. The third-order valence-electron chi connectivity index (χ3n) is 3.48. The van der Waals surface area contributed by atoms with Crippen LogP contribution >= 0.6 is 11.6 Å². The predicted octanol–water partition coefficient (Wildman–Crippen LogP) is 1.73. The summed E-state index contributed by atoms with van der Waals surface area (Å²) in [6, 6.07) is 4.15. The highest BCUT2D eigenvalue weighted by atomic mass is 35.5. The van der Waals surface area contributed by atoms with E-state index in [1.54, 1.807) is 0 Å². The smallest absolute Gasteiger partial charge is 0.279 e. The Morgan fingerprint density at radius 2 is 2.37 bits per heavy atom. The van der Waals surface area contributed by atoms with Gasteiger partial charge in [-0.05, 0) is 31.0 Å².